The topological polar surface area (TPSA) is 46.2 Å². The second kappa shape index (κ2) is 5.20. The largest absolute Gasteiger partial charge is 0.244 e. The summed E-state index contributed by atoms with van der Waals surface area (Å²) in [7, 11) is -4.10. The first-order chi connectivity index (χ1) is 9.97. The van der Waals surface area contributed by atoms with Crippen LogP contribution in [-0.4, -0.2) is 8.42 Å². The van der Waals surface area contributed by atoms with Crippen molar-refractivity contribution in [2.45, 2.75) is 23.8 Å². The van der Waals surface area contributed by atoms with E-state index >= 15 is 0 Å². The van der Waals surface area contributed by atoms with Gasteiger partial charge in [-0.15, -0.1) is 0 Å². The average molecular weight is 309 g/mol. The van der Waals surface area contributed by atoms with Crippen LogP contribution in [0.1, 0.15) is 23.6 Å². The van der Waals surface area contributed by atoms with Gasteiger partial charge in [-0.3, -0.25) is 0 Å². The van der Waals surface area contributed by atoms with Crippen LogP contribution in [0, 0.1) is 11.6 Å². The van der Waals surface area contributed by atoms with Crippen LogP contribution in [0.4, 0.5) is 8.78 Å². The maximum absolute atomic E-state index is 13.6. The Morgan fingerprint density at radius 2 is 1.86 bits per heavy atom. The fourth-order valence-corrected chi connectivity index (χ4v) is 3.95. The van der Waals surface area contributed by atoms with Crippen LogP contribution in [0.2, 0.25) is 0 Å². The summed E-state index contributed by atoms with van der Waals surface area (Å²) in [4.78, 5) is -0.660. The van der Waals surface area contributed by atoms with Crippen LogP contribution in [0.5, 0.6) is 0 Å². The Hall–Kier alpha value is -1.79. The van der Waals surface area contributed by atoms with E-state index < -0.39 is 32.6 Å². The van der Waals surface area contributed by atoms with Gasteiger partial charge in [-0.25, -0.2) is 21.9 Å². The number of rotatable bonds is 3. The Morgan fingerprint density at radius 1 is 1.10 bits per heavy atom. The molecule has 3 nitrogen and oxygen atoms in total. The van der Waals surface area contributed by atoms with Crippen LogP contribution < -0.4 is 4.72 Å². The maximum atomic E-state index is 13.6. The lowest BCUT2D eigenvalue weighted by atomic mass is 10.1. The highest BCUT2D eigenvalue weighted by molar-refractivity contribution is 7.89. The number of benzene rings is 2. The van der Waals surface area contributed by atoms with Gasteiger partial charge in [-0.05, 0) is 42.2 Å². The van der Waals surface area contributed by atoms with Gasteiger partial charge in [-0.2, -0.15) is 0 Å². The van der Waals surface area contributed by atoms with E-state index in [0.29, 0.717) is 12.5 Å². The number of nitrogens with one attached hydrogen (secondary N) is 1. The summed E-state index contributed by atoms with van der Waals surface area (Å²) in [5, 5.41) is 0. The molecule has 0 amide bonds. The van der Waals surface area contributed by atoms with Crippen LogP contribution in [0.15, 0.2) is 47.4 Å². The van der Waals surface area contributed by atoms with Gasteiger partial charge in [0.25, 0.3) is 0 Å². The van der Waals surface area contributed by atoms with E-state index in [1.807, 2.05) is 24.3 Å². The van der Waals surface area contributed by atoms with Crippen molar-refractivity contribution in [2.24, 2.45) is 0 Å². The molecule has 1 atom stereocenters. The molecule has 0 saturated heterocycles. The summed E-state index contributed by atoms with van der Waals surface area (Å²) < 4.78 is 53.8. The van der Waals surface area contributed by atoms with Crippen LogP contribution in [0.3, 0.4) is 0 Å². The summed E-state index contributed by atoms with van der Waals surface area (Å²) in [5.74, 6) is -1.75. The van der Waals surface area contributed by atoms with Gasteiger partial charge in [0.2, 0.25) is 10.0 Å². The first-order valence-corrected chi connectivity index (χ1v) is 8.01. The molecule has 0 heterocycles. The van der Waals surface area contributed by atoms with E-state index in [9.17, 15) is 17.2 Å². The molecule has 21 heavy (non-hydrogen) atoms. The van der Waals surface area contributed by atoms with Crippen molar-refractivity contribution < 1.29 is 17.2 Å². The lowest BCUT2D eigenvalue weighted by Crippen LogP contribution is -2.28. The lowest BCUT2D eigenvalue weighted by molar-refractivity contribution is 0.531. The smallest absolute Gasteiger partial charge is 0.207 e. The molecule has 0 radical (unpaired) electrons. The van der Waals surface area contributed by atoms with Crippen molar-refractivity contribution in [3.8, 4) is 0 Å². The molecular weight excluding hydrogens is 296 g/mol. The van der Waals surface area contributed by atoms with Gasteiger partial charge in [0.15, 0.2) is 0 Å². The van der Waals surface area contributed by atoms with Crippen LogP contribution in [-0.2, 0) is 16.4 Å². The van der Waals surface area contributed by atoms with E-state index in [0.717, 1.165) is 29.7 Å². The minimum atomic E-state index is -4.10. The van der Waals surface area contributed by atoms with Crippen molar-refractivity contribution >= 4 is 10.0 Å². The predicted molar refractivity (Wildman–Crippen MR) is 74.2 cm³/mol. The minimum absolute atomic E-state index is 0.408. The Labute approximate surface area is 121 Å². The highest BCUT2D eigenvalue weighted by atomic mass is 32.2. The number of halogens is 2. The molecule has 1 N–H and O–H groups in total. The number of aryl methyl sites for hydroxylation is 1. The molecule has 0 bridgehead atoms. The Morgan fingerprint density at radius 3 is 2.67 bits per heavy atom. The molecule has 0 fully saturated rings. The third-order valence-corrected chi connectivity index (χ3v) is 5.10. The predicted octanol–water partition coefficient (Wildman–Crippen LogP) is 2.93. The highest BCUT2D eigenvalue weighted by Gasteiger charge is 2.28. The van der Waals surface area contributed by atoms with Crippen LogP contribution >= 0.6 is 0 Å². The van der Waals surface area contributed by atoms with Gasteiger partial charge in [0.05, 0.1) is 0 Å². The molecule has 0 aromatic heterocycles. The van der Waals surface area contributed by atoms with E-state index in [1.54, 1.807) is 0 Å². The number of fused-ring (bicyclic) bond motifs is 1. The second-order valence-electron chi connectivity index (χ2n) is 4.99. The zero-order chi connectivity index (χ0) is 15.0. The quantitative estimate of drug-likeness (QED) is 0.947. The monoisotopic (exact) mass is 309 g/mol. The molecule has 1 aliphatic carbocycles. The first kappa shape index (κ1) is 14.2. The standard InChI is InChI=1S/C15H13F2NO2S/c16-11-6-7-13(17)15(9-11)21(19,20)18-14-8-5-10-3-1-2-4-12(10)14/h1-4,6-7,9,14,18H,5,8H2. The fraction of sp³-hybridized carbons (Fsp3) is 0.200. The Bertz CT molecular complexity index is 790. The SMILES string of the molecule is O=S(=O)(NC1CCc2ccccc21)c1cc(F)ccc1F. The van der Waals surface area contributed by atoms with Gasteiger partial charge >= 0.3 is 0 Å². The van der Waals surface area contributed by atoms with E-state index in [4.69, 9.17) is 0 Å². The first-order valence-electron chi connectivity index (χ1n) is 6.52. The van der Waals surface area contributed by atoms with Gasteiger partial charge in [-0.1, -0.05) is 24.3 Å². The number of sulfonamides is 1. The molecule has 2 aromatic rings. The van der Waals surface area contributed by atoms with E-state index in [-0.39, 0.29) is 0 Å². The summed E-state index contributed by atoms with van der Waals surface area (Å²) in [6.45, 7) is 0. The minimum Gasteiger partial charge on any atom is -0.207 e. The number of hydrogen-bond donors (Lipinski definition) is 1. The molecule has 0 aliphatic heterocycles. The van der Waals surface area contributed by atoms with Crippen LogP contribution in [0.25, 0.3) is 0 Å². The van der Waals surface area contributed by atoms with Gasteiger partial charge < -0.3 is 0 Å². The summed E-state index contributed by atoms with van der Waals surface area (Å²) in [5.41, 5.74) is 1.96. The lowest BCUT2D eigenvalue weighted by Gasteiger charge is -2.15. The fourth-order valence-electron chi connectivity index (χ4n) is 2.61. The van der Waals surface area contributed by atoms with Crippen molar-refractivity contribution in [1.82, 2.24) is 4.72 Å². The Kier molecular flexibility index (Phi) is 3.51. The third kappa shape index (κ3) is 2.69. The molecule has 1 unspecified atom stereocenters. The number of hydrogen-bond acceptors (Lipinski definition) is 2. The second-order valence-corrected chi connectivity index (χ2v) is 6.67. The average Bonchev–Trinajstić information content (AvgIpc) is 2.84. The normalized spacial score (nSPS) is 17.7. The van der Waals surface area contributed by atoms with Gasteiger partial charge in [0.1, 0.15) is 16.5 Å². The van der Waals surface area contributed by atoms with E-state index in [1.165, 1.54) is 0 Å². The Balaban J connectivity index is 1.93. The van der Waals surface area contributed by atoms with Gasteiger partial charge in [0, 0.05) is 6.04 Å². The zero-order valence-corrected chi connectivity index (χ0v) is 11.8. The van der Waals surface area contributed by atoms with Crippen molar-refractivity contribution in [1.29, 1.82) is 0 Å². The molecule has 6 heteroatoms. The van der Waals surface area contributed by atoms with Crippen molar-refractivity contribution in [2.75, 3.05) is 0 Å². The molecule has 0 spiro atoms. The molecule has 3 rings (SSSR count). The summed E-state index contributed by atoms with van der Waals surface area (Å²) >= 11 is 0. The molecule has 1 aliphatic rings. The summed E-state index contributed by atoms with van der Waals surface area (Å²) in [6.07, 6.45) is 1.37. The third-order valence-electron chi connectivity index (χ3n) is 3.61. The highest BCUT2D eigenvalue weighted by Crippen LogP contribution is 2.32. The molecular formula is C15H13F2NO2S. The zero-order valence-electron chi connectivity index (χ0n) is 11.0. The molecule has 0 saturated carbocycles. The summed E-state index contributed by atoms with van der Waals surface area (Å²) in [6, 6.07) is 9.48. The molecule has 110 valence electrons. The van der Waals surface area contributed by atoms with Crippen molar-refractivity contribution in [3.05, 3.63) is 65.2 Å². The van der Waals surface area contributed by atoms with Crippen molar-refractivity contribution in [3.63, 3.8) is 0 Å². The van der Waals surface area contributed by atoms with E-state index in [2.05, 4.69) is 4.72 Å². The molecule has 2 aromatic carbocycles. The maximum Gasteiger partial charge on any atom is 0.244 e.